The first-order chi connectivity index (χ1) is 22.1. The van der Waals surface area contributed by atoms with Crippen LogP contribution in [0.3, 0.4) is 0 Å². The number of nitrogens with zero attached hydrogens (tertiary/aromatic N) is 6. The summed E-state index contributed by atoms with van der Waals surface area (Å²) in [6.45, 7) is 10.4. The van der Waals surface area contributed by atoms with Gasteiger partial charge in [-0.15, -0.1) is 0 Å². The maximum Gasteiger partial charge on any atom is 0.282 e. The minimum atomic E-state index is -0.576. The average Bonchev–Trinajstić information content (AvgIpc) is 3.05. The Morgan fingerprint density at radius 3 is 1.39 bits per heavy atom. The molecule has 2 aromatic rings. The lowest BCUT2D eigenvalue weighted by molar-refractivity contribution is -0.385. The van der Waals surface area contributed by atoms with Crippen molar-refractivity contribution in [2.45, 2.75) is 22.6 Å². The minimum absolute atomic E-state index is 0.0319. The molecular weight excluding hydrogens is 633 g/mol. The van der Waals surface area contributed by atoms with Crippen molar-refractivity contribution in [3.8, 4) is 0 Å². The molecule has 2 fully saturated rings. The van der Waals surface area contributed by atoms with Crippen LogP contribution in [0.15, 0.2) is 46.2 Å². The van der Waals surface area contributed by atoms with Crippen molar-refractivity contribution in [3.05, 3.63) is 67.8 Å². The summed E-state index contributed by atoms with van der Waals surface area (Å²) in [5.41, 5.74) is -0.633. The van der Waals surface area contributed by atoms with Crippen molar-refractivity contribution >= 4 is 44.8 Å². The van der Waals surface area contributed by atoms with E-state index >= 15 is 0 Å². The van der Waals surface area contributed by atoms with Gasteiger partial charge in [-0.3, -0.25) is 29.8 Å². The topological polar surface area (TPSA) is 157 Å². The fourth-order valence-corrected chi connectivity index (χ4v) is 7.23. The van der Waals surface area contributed by atoms with E-state index in [4.69, 9.17) is 0 Å². The van der Waals surface area contributed by atoms with Crippen LogP contribution in [-0.4, -0.2) is 134 Å². The Hall–Kier alpha value is -3.28. The lowest BCUT2D eigenvalue weighted by atomic mass is 10.1. The summed E-state index contributed by atoms with van der Waals surface area (Å²) in [6, 6.07) is 8.67. The molecule has 0 aliphatic carbocycles. The third-order valence-electron chi connectivity index (χ3n) is 8.12. The predicted molar refractivity (Wildman–Crippen MR) is 180 cm³/mol. The molecule has 2 amide bonds. The smallest absolute Gasteiger partial charge is 0.282 e. The molecule has 46 heavy (non-hydrogen) atoms. The molecular formula is C30H42N8O6S2. The molecule has 2 aromatic carbocycles. The molecule has 14 nitrogen and oxygen atoms in total. The Bertz CT molecular complexity index is 1280. The van der Waals surface area contributed by atoms with Crippen LogP contribution in [-0.2, 0) is 0 Å². The van der Waals surface area contributed by atoms with Gasteiger partial charge in [0.2, 0.25) is 0 Å². The van der Waals surface area contributed by atoms with E-state index in [1.54, 1.807) is 12.1 Å². The highest BCUT2D eigenvalue weighted by Crippen LogP contribution is 2.40. The van der Waals surface area contributed by atoms with E-state index in [0.717, 1.165) is 78.3 Å². The molecule has 250 valence electrons. The molecule has 0 atom stereocenters. The summed E-state index contributed by atoms with van der Waals surface area (Å²) in [6.07, 6.45) is 1.47. The number of rotatable bonds is 15. The van der Waals surface area contributed by atoms with Gasteiger partial charge in [0.05, 0.1) is 9.85 Å². The summed E-state index contributed by atoms with van der Waals surface area (Å²) < 4.78 is 0. The first kappa shape index (κ1) is 35.6. The summed E-state index contributed by atoms with van der Waals surface area (Å²) in [7, 11) is 6.66. The highest BCUT2D eigenvalue weighted by atomic mass is 33.1. The number of amides is 2. The van der Waals surface area contributed by atoms with Crippen LogP contribution in [0.25, 0.3) is 0 Å². The normalized spacial score (nSPS) is 16.7. The second kappa shape index (κ2) is 17.6. The van der Waals surface area contributed by atoms with Gasteiger partial charge >= 0.3 is 0 Å². The SMILES string of the molecule is CN1CCN(CCCNC(=O)c2cc(SSc3ccc([N+](=O)[O-])c(C(=O)NCCCN4CCN(C)CC4)c3)ccc2[N+](=O)[O-])CC1. The third-order valence-corrected chi connectivity index (χ3v) is 10.5. The molecule has 0 unspecified atom stereocenters. The van der Waals surface area contributed by atoms with Crippen molar-refractivity contribution in [1.29, 1.82) is 0 Å². The molecule has 0 bridgehead atoms. The van der Waals surface area contributed by atoms with Crippen molar-refractivity contribution in [3.63, 3.8) is 0 Å². The Labute approximate surface area is 276 Å². The van der Waals surface area contributed by atoms with Gasteiger partial charge in [-0.2, -0.15) is 0 Å². The van der Waals surface area contributed by atoms with E-state index in [-0.39, 0.29) is 22.5 Å². The molecule has 0 saturated carbocycles. The van der Waals surface area contributed by atoms with E-state index in [1.165, 1.54) is 45.9 Å². The third kappa shape index (κ3) is 10.6. The first-order valence-electron chi connectivity index (χ1n) is 15.4. The number of piperazine rings is 2. The lowest BCUT2D eigenvalue weighted by Gasteiger charge is -2.32. The zero-order chi connectivity index (χ0) is 33.1. The van der Waals surface area contributed by atoms with Gasteiger partial charge < -0.3 is 30.2 Å². The van der Waals surface area contributed by atoms with Gasteiger partial charge in [0.15, 0.2) is 0 Å². The number of hydrogen-bond donors (Lipinski definition) is 2. The molecule has 0 radical (unpaired) electrons. The second-order valence-electron chi connectivity index (χ2n) is 11.5. The number of carbonyl (C=O) groups excluding carboxylic acids is 2. The summed E-state index contributed by atoms with van der Waals surface area (Å²) in [5, 5.41) is 28.9. The number of benzene rings is 2. The second-order valence-corrected chi connectivity index (χ2v) is 13.8. The average molecular weight is 675 g/mol. The molecule has 2 aliphatic heterocycles. The first-order valence-corrected chi connectivity index (χ1v) is 17.6. The Balaban J connectivity index is 1.32. The summed E-state index contributed by atoms with van der Waals surface area (Å²) >= 11 is 0. The van der Waals surface area contributed by atoms with Gasteiger partial charge in [0.1, 0.15) is 11.1 Å². The van der Waals surface area contributed by atoms with Gasteiger partial charge in [0.25, 0.3) is 23.2 Å². The van der Waals surface area contributed by atoms with Crippen molar-refractivity contribution in [2.24, 2.45) is 0 Å². The van der Waals surface area contributed by atoms with E-state index < -0.39 is 21.7 Å². The van der Waals surface area contributed by atoms with Crippen LogP contribution in [0.1, 0.15) is 33.6 Å². The lowest BCUT2D eigenvalue weighted by Crippen LogP contribution is -2.45. The molecule has 16 heteroatoms. The van der Waals surface area contributed by atoms with Crippen LogP contribution in [0.2, 0.25) is 0 Å². The summed E-state index contributed by atoms with van der Waals surface area (Å²) in [4.78, 5) is 58.5. The Kier molecular flexibility index (Phi) is 13.6. The number of nitrogens with one attached hydrogen (secondary N) is 2. The number of carbonyl (C=O) groups is 2. The molecule has 4 rings (SSSR count). The van der Waals surface area contributed by atoms with Crippen LogP contribution in [0, 0.1) is 20.2 Å². The van der Waals surface area contributed by atoms with Crippen LogP contribution in [0.4, 0.5) is 11.4 Å². The van der Waals surface area contributed by atoms with Gasteiger partial charge in [-0.1, -0.05) is 21.6 Å². The molecule has 2 heterocycles. The molecule has 0 spiro atoms. The van der Waals surface area contributed by atoms with Crippen LogP contribution >= 0.6 is 21.6 Å². The quantitative estimate of drug-likeness (QED) is 0.123. The van der Waals surface area contributed by atoms with Gasteiger partial charge in [-0.25, -0.2) is 0 Å². The highest BCUT2D eigenvalue weighted by molar-refractivity contribution is 8.76. The van der Waals surface area contributed by atoms with E-state index in [9.17, 15) is 29.8 Å². The predicted octanol–water partition coefficient (Wildman–Crippen LogP) is 3.04. The molecule has 2 saturated heterocycles. The fourth-order valence-electron chi connectivity index (χ4n) is 5.25. The van der Waals surface area contributed by atoms with E-state index in [2.05, 4.69) is 44.3 Å². The van der Waals surface area contributed by atoms with Crippen LogP contribution in [0.5, 0.6) is 0 Å². The standard InChI is InChI=1S/C30H42N8O6S2/c1-33-13-17-35(18-14-33)11-3-9-31-29(39)25-21-23(5-7-27(25)37(41)42)45-46-24-6-8-28(38(43)44)26(22-24)30(40)32-10-4-12-36-19-15-34(2)16-20-36/h5-8,21-22H,3-4,9-20H2,1-2H3,(H,31,39)(H,32,40). The van der Waals surface area contributed by atoms with Gasteiger partial charge in [-0.05, 0) is 64.3 Å². The maximum absolute atomic E-state index is 13.0. The number of nitro groups is 2. The number of nitro benzene ring substituents is 2. The number of likely N-dealkylation sites (N-methyl/N-ethyl adjacent to an activating group) is 2. The zero-order valence-electron chi connectivity index (χ0n) is 26.3. The Morgan fingerprint density at radius 1 is 0.674 bits per heavy atom. The van der Waals surface area contributed by atoms with Crippen LogP contribution < -0.4 is 10.6 Å². The summed E-state index contributed by atoms with van der Waals surface area (Å²) in [5.74, 6) is -1.03. The van der Waals surface area contributed by atoms with E-state index in [0.29, 0.717) is 22.9 Å². The zero-order valence-corrected chi connectivity index (χ0v) is 27.9. The minimum Gasteiger partial charge on any atom is -0.352 e. The molecule has 0 aromatic heterocycles. The van der Waals surface area contributed by atoms with Gasteiger partial charge in [0, 0.05) is 87.4 Å². The maximum atomic E-state index is 13.0. The highest BCUT2D eigenvalue weighted by Gasteiger charge is 2.23. The molecule has 2 aliphatic rings. The fraction of sp³-hybridized carbons (Fsp3) is 0.533. The van der Waals surface area contributed by atoms with Crippen molar-refractivity contribution < 1.29 is 19.4 Å². The largest absolute Gasteiger partial charge is 0.352 e. The van der Waals surface area contributed by atoms with E-state index in [1.807, 2.05) is 0 Å². The monoisotopic (exact) mass is 674 g/mol. The van der Waals surface area contributed by atoms with Crippen molar-refractivity contribution in [2.75, 3.05) is 92.6 Å². The Morgan fingerprint density at radius 2 is 1.04 bits per heavy atom. The molecule has 2 N–H and O–H groups in total. The number of hydrogen-bond acceptors (Lipinski definition) is 12. The van der Waals surface area contributed by atoms with Crippen molar-refractivity contribution in [1.82, 2.24) is 30.2 Å².